The summed E-state index contributed by atoms with van der Waals surface area (Å²) in [4.78, 5) is 35.2. The second-order valence-corrected chi connectivity index (χ2v) is 6.20. The summed E-state index contributed by atoms with van der Waals surface area (Å²) in [6, 6.07) is 0. The van der Waals surface area contributed by atoms with E-state index in [9.17, 15) is 19.7 Å². The van der Waals surface area contributed by atoms with Crippen molar-refractivity contribution in [2.45, 2.75) is 32.7 Å². The molecule has 0 aliphatic carbocycles. The Morgan fingerprint density at radius 1 is 1.31 bits per heavy atom. The predicted molar refractivity (Wildman–Crippen MR) is 92.7 cm³/mol. The van der Waals surface area contributed by atoms with E-state index in [1.165, 1.54) is 21.8 Å². The normalized spacial score (nSPS) is 11.2. The van der Waals surface area contributed by atoms with E-state index in [-0.39, 0.29) is 23.0 Å². The van der Waals surface area contributed by atoms with E-state index in [0.29, 0.717) is 6.54 Å². The maximum Gasteiger partial charge on any atom is 0.307 e. The van der Waals surface area contributed by atoms with Gasteiger partial charge in [-0.1, -0.05) is 6.92 Å². The first-order chi connectivity index (χ1) is 12.2. The average molecular weight is 363 g/mol. The molecule has 0 bridgehead atoms. The Labute approximate surface area is 149 Å². The Hall–Kier alpha value is -3.24. The molecule has 0 fully saturated rings. The standard InChI is InChI=1S/C15H21N7O4/c1-5-6-16-13(23)12-11(8-17-20(12)4)19-14(24)15(2,3)21-9-10(7-18-21)22(25)26/h7-9H,5-6H2,1-4H3,(H,16,23)(H,19,24). The molecule has 0 atom stereocenters. The van der Waals surface area contributed by atoms with Gasteiger partial charge in [-0.2, -0.15) is 10.2 Å². The Kier molecular flexibility index (Phi) is 5.38. The van der Waals surface area contributed by atoms with Gasteiger partial charge in [0.25, 0.3) is 11.8 Å². The van der Waals surface area contributed by atoms with Gasteiger partial charge in [0.2, 0.25) is 0 Å². The average Bonchev–Trinajstić information content (AvgIpc) is 3.20. The summed E-state index contributed by atoms with van der Waals surface area (Å²) in [6.07, 6.45) is 4.40. The highest BCUT2D eigenvalue weighted by molar-refractivity contribution is 6.04. The zero-order valence-electron chi connectivity index (χ0n) is 15.0. The van der Waals surface area contributed by atoms with Crippen LogP contribution in [0.4, 0.5) is 11.4 Å². The lowest BCUT2D eigenvalue weighted by atomic mass is 10.0. The first-order valence-corrected chi connectivity index (χ1v) is 7.99. The largest absolute Gasteiger partial charge is 0.351 e. The van der Waals surface area contributed by atoms with Crippen molar-refractivity contribution in [3.05, 3.63) is 34.4 Å². The molecule has 2 amide bonds. The summed E-state index contributed by atoms with van der Waals surface area (Å²) < 4.78 is 2.57. The fourth-order valence-electron chi connectivity index (χ4n) is 2.21. The van der Waals surface area contributed by atoms with Crippen LogP contribution in [-0.2, 0) is 17.4 Å². The minimum atomic E-state index is -1.22. The van der Waals surface area contributed by atoms with Crippen molar-refractivity contribution in [3.63, 3.8) is 0 Å². The number of hydrogen-bond donors (Lipinski definition) is 2. The number of aryl methyl sites for hydroxylation is 1. The summed E-state index contributed by atoms with van der Waals surface area (Å²) in [5.74, 6) is -0.845. The molecule has 0 aliphatic heterocycles. The number of anilines is 1. The van der Waals surface area contributed by atoms with Crippen LogP contribution in [0.5, 0.6) is 0 Å². The zero-order valence-corrected chi connectivity index (χ0v) is 15.0. The van der Waals surface area contributed by atoms with Crippen molar-refractivity contribution in [1.82, 2.24) is 24.9 Å². The van der Waals surface area contributed by atoms with Crippen LogP contribution in [-0.4, -0.2) is 42.8 Å². The van der Waals surface area contributed by atoms with Crippen LogP contribution in [0, 0.1) is 10.1 Å². The van der Waals surface area contributed by atoms with E-state index < -0.39 is 16.4 Å². The van der Waals surface area contributed by atoms with Crippen molar-refractivity contribution in [1.29, 1.82) is 0 Å². The van der Waals surface area contributed by atoms with Crippen LogP contribution in [0.3, 0.4) is 0 Å². The van der Waals surface area contributed by atoms with E-state index in [4.69, 9.17) is 0 Å². The lowest BCUT2D eigenvalue weighted by Gasteiger charge is -2.23. The van der Waals surface area contributed by atoms with Gasteiger partial charge in [0.15, 0.2) is 0 Å². The number of nitro groups is 1. The van der Waals surface area contributed by atoms with E-state index in [0.717, 1.165) is 12.6 Å². The molecule has 0 spiro atoms. The van der Waals surface area contributed by atoms with E-state index >= 15 is 0 Å². The second kappa shape index (κ2) is 7.33. The van der Waals surface area contributed by atoms with Crippen LogP contribution in [0.1, 0.15) is 37.7 Å². The smallest absolute Gasteiger partial charge is 0.307 e. The van der Waals surface area contributed by atoms with E-state index in [1.54, 1.807) is 20.9 Å². The third-order valence-electron chi connectivity index (χ3n) is 3.85. The molecule has 0 unspecified atom stereocenters. The Balaban J connectivity index is 2.23. The van der Waals surface area contributed by atoms with Gasteiger partial charge in [-0.25, -0.2) is 0 Å². The number of hydrogen-bond acceptors (Lipinski definition) is 6. The van der Waals surface area contributed by atoms with Crippen LogP contribution < -0.4 is 10.6 Å². The molecular formula is C15H21N7O4. The molecular weight excluding hydrogens is 342 g/mol. The fourth-order valence-corrected chi connectivity index (χ4v) is 2.21. The molecule has 0 saturated heterocycles. The number of carbonyl (C=O) groups is 2. The van der Waals surface area contributed by atoms with Gasteiger partial charge in [0, 0.05) is 13.6 Å². The molecule has 11 heteroatoms. The maximum atomic E-state index is 12.7. The first kappa shape index (κ1) is 19.1. The Morgan fingerprint density at radius 2 is 2.00 bits per heavy atom. The summed E-state index contributed by atoms with van der Waals surface area (Å²) >= 11 is 0. The lowest BCUT2D eigenvalue weighted by molar-refractivity contribution is -0.385. The molecule has 140 valence electrons. The van der Waals surface area contributed by atoms with E-state index in [1.807, 2.05) is 6.92 Å². The van der Waals surface area contributed by atoms with Gasteiger partial charge in [-0.3, -0.25) is 29.1 Å². The molecule has 2 heterocycles. The second-order valence-electron chi connectivity index (χ2n) is 6.20. The molecule has 2 aromatic heterocycles. The highest BCUT2D eigenvalue weighted by atomic mass is 16.6. The number of nitrogens with zero attached hydrogens (tertiary/aromatic N) is 5. The molecule has 0 aliphatic rings. The number of aromatic nitrogens is 4. The lowest BCUT2D eigenvalue weighted by Crippen LogP contribution is -2.41. The van der Waals surface area contributed by atoms with Gasteiger partial charge in [0.1, 0.15) is 23.6 Å². The Bertz CT molecular complexity index is 837. The molecule has 0 aromatic carbocycles. The molecule has 26 heavy (non-hydrogen) atoms. The van der Waals surface area contributed by atoms with Crippen molar-refractivity contribution >= 4 is 23.2 Å². The van der Waals surface area contributed by atoms with Crippen LogP contribution >= 0.6 is 0 Å². The molecule has 2 rings (SSSR count). The first-order valence-electron chi connectivity index (χ1n) is 7.99. The zero-order chi connectivity index (χ0) is 19.5. The van der Waals surface area contributed by atoms with E-state index in [2.05, 4.69) is 20.8 Å². The molecule has 2 aromatic rings. The molecule has 0 saturated carbocycles. The van der Waals surface area contributed by atoms with Gasteiger partial charge < -0.3 is 10.6 Å². The Morgan fingerprint density at radius 3 is 2.58 bits per heavy atom. The van der Waals surface area contributed by atoms with Crippen molar-refractivity contribution in [2.24, 2.45) is 7.05 Å². The summed E-state index contributed by atoms with van der Waals surface area (Å²) in [6.45, 7) is 5.55. The summed E-state index contributed by atoms with van der Waals surface area (Å²) in [7, 11) is 1.60. The van der Waals surface area contributed by atoms with Crippen molar-refractivity contribution in [3.8, 4) is 0 Å². The van der Waals surface area contributed by atoms with Crippen molar-refractivity contribution < 1.29 is 14.5 Å². The molecule has 11 nitrogen and oxygen atoms in total. The fraction of sp³-hybridized carbons (Fsp3) is 0.467. The van der Waals surface area contributed by atoms with Crippen LogP contribution in [0.15, 0.2) is 18.6 Å². The van der Waals surface area contributed by atoms with Crippen LogP contribution in [0.25, 0.3) is 0 Å². The quantitative estimate of drug-likeness (QED) is 0.557. The molecule has 0 radical (unpaired) electrons. The number of nitrogens with one attached hydrogen (secondary N) is 2. The minimum Gasteiger partial charge on any atom is -0.351 e. The number of rotatable bonds is 7. The van der Waals surface area contributed by atoms with Crippen molar-refractivity contribution in [2.75, 3.05) is 11.9 Å². The maximum absolute atomic E-state index is 12.7. The van der Waals surface area contributed by atoms with Gasteiger partial charge in [0.05, 0.1) is 16.8 Å². The highest BCUT2D eigenvalue weighted by Crippen LogP contribution is 2.22. The number of amides is 2. The summed E-state index contributed by atoms with van der Waals surface area (Å²) in [5, 5.41) is 24.1. The monoisotopic (exact) mass is 363 g/mol. The molecule has 2 N–H and O–H groups in total. The van der Waals surface area contributed by atoms with Crippen LogP contribution in [0.2, 0.25) is 0 Å². The van der Waals surface area contributed by atoms with Gasteiger partial charge in [-0.15, -0.1) is 0 Å². The highest BCUT2D eigenvalue weighted by Gasteiger charge is 2.33. The minimum absolute atomic E-state index is 0.216. The number of carbonyl (C=O) groups excluding carboxylic acids is 2. The predicted octanol–water partition coefficient (Wildman–Crippen LogP) is 1.04. The topological polar surface area (TPSA) is 137 Å². The third kappa shape index (κ3) is 3.71. The van der Waals surface area contributed by atoms with Gasteiger partial charge >= 0.3 is 5.69 Å². The third-order valence-corrected chi connectivity index (χ3v) is 3.85. The van der Waals surface area contributed by atoms with Gasteiger partial charge in [-0.05, 0) is 20.3 Å². The summed E-state index contributed by atoms with van der Waals surface area (Å²) in [5.41, 5.74) is -0.969. The SMILES string of the molecule is CCCNC(=O)c1c(NC(=O)C(C)(C)n2cc([N+](=O)[O-])cn2)cnn1C.